The molecular formula is C11H11N3O2. The first-order valence-corrected chi connectivity index (χ1v) is 4.89. The summed E-state index contributed by atoms with van der Waals surface area (Å²) in [5.74, 6) is 0. The number of rotatable bonds is 1. The van der Waals surface area contributed by atoms with Crippen LogP contribution in [0.5, 0.6) is 0 Å². The number of benzene rings is 1. The molecule has 16 heavy (non-hydrogen) atoms. The van der Waals surface area contributed by atoms with E-state index in [4.69, 9.17) is 0 Å². The molecule has 0 aliphatic heterocycles. The lowest BCUT2D eigenvalue weighted by atomic mass is 10.1. The molecule has 5 nitrogen and oxygen atoms in total. The van der Waals surface area contributed by atoms with Gasteiger partial charge in [0, 0.05) is 11.6 Å². The summed E-state index contributed by atoms with van der Waals surface area (Å²) in [5.41, 5.74) is 3.61. The first-order chi connectivity index (χ1) is 7.49. The van der Waals surface area contributed by atoms with Crippen LogP contribution in [0.2, 0.25) is 0 Å². The van der Waals surface area contributed by atoms with Crippen molar-refractivity contribution in [3.05, 3.63) is 39.2 Å². The monoisotopic (exact) mass is 217 g/mol. The molecule has 0 fully saturated rings. The SMILES string of the molecule is Cc1cc2nc(C)c(C)nc2cc1[N+](=O)[O-]. The lowest BCUT2D eigenvalue weighted by molar-refractivity contribution is -0.385. The number of nitro groups is 1. The van der Waals surface area contributed by atoms with Gasteiger partial charge >= 0.3 is 0 Å². The minimum absolute atomic E-state index is 0.0880. The Bertz CT molecular complexity index is 593. The zero-order chi connectivity index (χ0) is 11.9. The molecule has 0 spiro atoms. The summed E-state index contributed by atoms with van der Waals surface area (Å²) in [6, 6.07) is 3.18. The topological polar surface area (TPSA) is 68.9 Å². The van der Waals surface area contributed by atoms with Crippen LogP contribution >= 0.6 is 0 Å². The van der Waals surface area contributed by atoms with Gasteiger partial charge in [0.15, 0.2) is 0 Å². The van der Waals surface area contributed by atoms with Crippen LogP contribution in [0.1, 0.15) is 17.0 Å². The predicted octanol–water partition coefficient (Wildman–Crippen LogP) is 2.46. The van der Waals surface area contributed by atoms with Gasteiger partial charge in [0.05, 0.1) is 27.3 Å². The summed E-state index contributed by atoms with van der Waals surface area (Å²) < 4.78 is 0. The van der Waals surface area contributed by atoms with E-state index in [9.17, 15) is 10.1 Å². The van der Waals surface area contributed by atoms with Crippen LogP contribution in [0.25, 0.3) is 11.0 Å². The molecule has 0 atom stereocenters. The third-order valence-corrected chi connectivity index (χ3v) is 2.59. The van der Waals surface area contributed by atoms with Gasteiger partial charge in [0.25, 0.3) is 5.69 Å². The summed E-state index contributed by atoms with van der Waals surface area (Å²) >= 11 is 0. The molecule has 0 bridgehead atoms. The Morgan fingerprint density at radius 1 is 1.06 bits per heavy atom. The van der Waals surface area contributed by atoms with E-state index < -0.39 is 4.92 Å². The number of hydrogen-bond acceptors (Lipinski definition) is 4. The van der Waals surface area contributed by atoms with E-state index in [2.05, 4.69) is 9.97 Å². The summed E-state index contributed by atoms with van der Waals surface area (Å²) in [7, 11) is 0. The summed E-state index contributed by atoms with van der Waals surface area (Å²) in [6.45, 7) is 5.42. The van der Waals surface area contributed by atoms with Gasteiger partial charge in [-0.15, -0.1) is 0 Å². The fourth-order valence-electron chi connectivity index (χ4n) is 1.57. The third-order valence-electron chi connectivity index (χ3n) is 2.59. The quantitative estimate of drug-likeness (QED) is 0.543. The van der Waals surface area contributed by atoms with Crippen molar-refractivity contribution >= 4 is 16.7 Å². The number of nitrogens with zero attached hydrogens (tertiary/aromatic N) is 3. The molecule has 0 unspecified atom stereocenters. The molecule has 0 aliphatic rings. The van der Waals surface area contributed by atoms with Gasteiger partial charge in [-0.05, 0) is 26.8 Å². The first kappa shape index (κ1) is 10.5. The maximum absolute atomic E-state index is 10.8. The van der Waals surface area contributed by atoms with Crippen molar-refractivity contribution in [1.29, 1.82) is 0 Å². The minimum atomic E-state index is -0.397. The second-order valence-corrected chi connectivity index (χ2v) is 3.78. The number of hydrogen-bond donors (Lipinski definition) is 0. The molecule has 5 heteroatoms. The normalized spacial score (nSPS) is 10.7. The molecule has 0 saturated carbocycles. The summed E-state index contributed by atoms with van der Waals surface area (Å²) in [5, 5.41) is 10.8. The number of aromatic nitrogens is 2. The molecule has 1 heterocycles. The second kappa shape index (κ2) is 3.52. The highest BCUT2D eigenvalue weighted by molar-refractivity contribution is 5.79. The van der Waals surface area contributed by atoms with Crippen molar-refractivity contribution in [2.75, 3.05) is 0 Å². The Morgan fingerprint density at radius 3 is 2.06 bits per heavy atom. The Hall–Kier alpha value is -2.04. The molecular weight excluding hydrogens is 206 g/mol. The molecule has 0 N–H and O–H groups in total. The van der Waals surface area contributed by atoms with Crippen LogP contribution in [0.15, 0.2) is 12.1 Å². The van der Waals surface area contributed by atoms with E-state index >= 15 is 0 Å². The summed E-state index contributed by atoms with van der Waals surface area (Å²) in [6.07, 6.45) is 0. The largest absolute Gasteiger partial charge is 0.274 e. The van der Waals surface area contributed by atoms with Gasteiger partial charge in [-0.3, -0.25) is 10.1 Å². The van der Waals surface area contributed by atoms with Crippen molar-refractivity contribution in [3.63, 3.8) is 0 Å². The molecule has 82 valence electrons. The Labute approximate surface area is 92.3 Å². The fraction of sp³-hybridized carbons (Fsp3) is 0.273. The fourth-order valence-corrected chi connectivity index (χ4v) is 1.57. The van der Waals surface area contributed by atoms with Crippen LogP contribution in [0.4, 0.5) is 5.69 Å². The predicted molar refractivity (Wildman–Crippen MR) is 60.4 cm³/mol. The van der Waals surface area contributed by atoms with Crippen LogP contribution < -0.4 is 0 Å². The standard InChI is InChI=1S/C11H11N3O2/c1-6-4-9-10(5-11(6)14(15)16)13-8(3)7(2)12-9/h4-5H,1-3H3. The zero-order valence-corrected chi connectivity index (χ0v) is 9.31. The van der Waals surface area contributed by atoms with Crippen LogP contribution in [0.3, 0.4) is 0 Å². The highest BCUT2D eigenvalue weighted by Crippen LogP contribution is 2.23. The highest BCUT2D eigenvalue weighted by Gasteiger charge is 2.13. The number of fused-ring (bicyclic) bond motifs is 1. The molecule has 0 radical (unpaired) electrons. The lowest BCUT2D eigenvalue weighted by Crippen LogP contribution is -1.97. The van der Waals surface area contributed by atoms with Crippen molar-refractivity contribution < 1.29 is 4.92 Å². The molecule has 0 amide bonds. The maximum atomic E-state index is 10.8. The molecule has 2 rings (SSSR count). The molecule has 1 aromatic carbocycles. The summed E-state index contributed by atoms with van der Waals surface area (Å²) in [4.78, 5) is 19.0. The zero-order valence-electron chi connectivity index (χ0n) is 9.31. The highest BCUT2D eigenvalue weighted by atomic mass is 16.6. The lowest BCUT2D eigenvalue weighted by Gasteiger charge is -2.03. The van der Waals surface area contributed by atoms with Gasteiger partial charge in [-0.25, -0.2) is 9.97 Å². The van der Waals surface area contributed by atoms with Crippen LogP contribution in [-0.2, 0) is 0 Å². The van der Waals surface area contributed by atoms with Crippen molar-refractivity contribution in [2.24, 2.45) is 0 Å². The van der Waals surface area contributed by atoms with Crippen molar-refractivity contribution in [3.8, 4) is 0 Å². The van der Waals surface area contributed by atoms with Gasteiger partial charge < -0.3 is 0 Å². The van der Waals surface area contributed by atoms with Gasteiger partial charge in [-0.1, -0.05) is 0 Å². The Balaban J connectivity index is 2.79. The molecule has 0 aliphatic carbocycles. The van der Waals surface area contributed by atoms with Gasteiger partial charge in [-0.2, -0.15) is 0 Å². The van der Waals surface area contributed by atoms with E-state index in [0.29, 0.717) is 16.6 Å². The second-order valence-electron chi connectivity index (χ2n) is 3.78. The van der Waals surface area contributed by atoms with E-state index in [1.807, 2.05) is 13.8 Å². The van der Waals surface area contributed by atoms with Crippen molar-refractivity contribution in [1.82, 2.24) is 9.97 Å². The number of nitro benzene ring substituents is 1. The Kier molecular flexibility index (Phi) is 2.30. The van der Waals surface area contributed by atoms with E-state index in [-0.39, 0.29) is 5.69 Å². The average Bonchev–Trinajstić information content (AvgIpc) is 2.19. The Morgan fingerprint density at radius 2 is 1.56 bits per heavy atom. The van der Waals surface area contributed by atoms with Crippen LogP contribution in [-0.4, -0.2) is 14.9 Å². The van der Waals surface area contributed by atoms with Gasteiger partial charge in [0.2, 0.25) is 0 Å². The van der Waals surface area contributed by atoms with Crippen LogP contribution in [0, 0.1) is 30.9 Å². The maximum Gasteiger partial charge on any atom is 0.274 e. The van der Waals surface area contributed by atoms with E-state index in [1.165, 1.54) is 6.07 Å². The van der Waals surface area contributed by atoms with E-state index in [1.54, 1.807) is 13.0 Å². The first-order valence-electron chi connectivity index (χ1n) is 4.89. The van der Waals surface area contributed by atoms with Crippen molar-refractivity contribution in [2.45, 2.75) is 20.8 Å². The smallest absolute Gasteiger partial charge is 0.258 e. The molecule has 0 saturated heterocycles. The minimum Gasteiger partial charge on any atom is -0.258 e. The number of aryl methyl sites for hydroxylation is 3. The molecule has 2 aromatic rings. The van der Waals surface area contributed by atoms with Gasteiger partial charge in [0.1, 0.15) is 0 Å². The third kappa shape index (κ3) is 1.60. The average molecular weight is 217 g/mol. The van der Waals surface area contributed by atoms with E-state index in [0.717, 1.165) is 11.4 Å². The molecule has 1 aromatic heterocycles.